The monoisotopic (exact) mass is 403 g/mol. The minimum absolute atomic E-state index is 0.0482. The number of benzene rings is 1. The van der Waals surface area contributed by atoms with E-state index in [0.717, 1.165) is 59.6 Å². The van der Waals surface area contributed by atoms with Gasteiger partial charge < -0.3 is 19.6 Å². The normalized spacial score (nSPS) is 21.1. The topological polar surface area (TPSA) is 68.5 Å². The summed E-state index contributed by atoms with van der Waals surface area (Å²) in [6.07, 6.45) is 0.759. The van der Waals surface area contributed by atoms with Crippen molar-refractivity contribution < 1.29 is 19.6 Å². The summed E-state index contributed by atoms with van der Waals surface area (Å²) in [5.41, 5.74) is 1.16. The van der Waals surface area contributed by atoms with Crippen LogP contribution in [0.1, 0.15) is 36.2 Å². The number of aryl methyl sites for hydroxylation is 1. The van der Waals surface area contributed by atoms with Gasteiger partial charge in [-0.15, -0.1) is 5.10 Å². The van der Waals surface area contributed by atoms with E-state index in [2.05, 4.69) is 29.1 Å². The zero-order chi connectivity index (χ0) is 19.7. The maximum Gasteiger partial charge on any atom is 0.235 e. The molecule has 4 rings (SSSR count). The second-order valence-corrected chi connectivity index (χ2v) is 8.35. The van der Waals surface area contributed by atoms with Gasteiger partial charge in [0, 0.05) is 12.0 Å². The van der Waals surface area contributed by atoms with Gasteiger partial charge in [0.1, 0.15) is 36.8 Å². The van der Waals surface area contributed by atoms with Gasteiger partial charge in [0.2, 0.25) is 10.8 Å². The van der Waals surface area contributed by atoms with Gasteiger partial charge in [-0.05, 0) is 19.1 Å². The number of hydrogen-bond acceptors (Lipinski definition) is 5. The number of aromatic hydroxyl groups is 1. The van der Waals surface area contributed by atoms with Crippen LogP contribution >= 0.6 is 11.3 Å². The van der Waals surface area contributed by atoms with Gasteiger partial charge in [-0.3, -0.25) is 0 Å². The number of piperazine rings is 1. The van der Waals surface area contributed by atoms with Crippen molar-refractivity contribution in [1.82, 2.24) is 14.6 Å². The van der Waals surface area contributed by atoms with Gasteiger partial charge in [-0.25, -0.2) is 4.98 Å². The van der Waals surface area contributed by atoms with E-state index in [4.69, 9.17) is 4.74 Å². The Morgan fingerprint density at radius 3 is 2.68 bits per heavy atom. The SMILES string of the molecule is CCc1nc2sc([C@@H](c3cccc(OC)c3)[NH+]3CC[NH+](CC)CC3)c(O)n2n1. The Bertz CT molecular complexity index is 945. The maximum atomic E-state index is 11.0. The van der Waals surface area contributed by atoms with Crippen molar-refractivity contribution in [1.29, 1.82) is 0 Å². The number of ether oxygens (including phenoxy) is 1. The number of hydrogen-bond donors (Lipinski definition) is 3. The predicted molar refractivity (Wildman–Crippen MR) is 109 cm³/mol. The highest BCUT2D eigenvalue weighted by atomic mass is 32.1. The smallest absolute Gasteiger partial charge is 0.235 e. The van der Waals surface area contributed by atoms with Crippen LogP contribution in [0.4, 0.5) is 0 Å². The molecule has 0 saturated carbocycles. The summed E-state index contributed by atoms with van der Waals surface area (Å²) in [4.78, 5) is 9.37. The van der Waals surface area contributed by atoms with Gasteiger partial charge in [0.25, 0.3) is 0 Å². The molecule has 1 atom stereocenters. The molecular formula is C20H29N5O2S+2. The summed E-state index contributed by atoms with van der Waals surface area (Å²) in [7, 11) is 1.69. The predicted octanol–water partition coefficient (Wildman–Crippen LogP) is -0.0399. The summed E-state index contributed by atoms with van der Waals surface area (Å²) in [5.74, 6) is 1.82. The van der Waals surface area contributed by atoms with Crippen LogP contribution in [-0.2, 0) is 6.42 Å². The Labute approximate surface area is 169 Å². The molecule has 0 unspecified atom stereocenters. The van der Waals surface area contributed by atoms with Gasteiger partial charge in [-0.1, -0.05) is 30.4 Å². The quantitative estimate of drug-likeness (QED) is 0.540. The third kappa shape index (κ3) is 3.47. The maximum absolute atomic E-state index is 11.0. The standard InChI is InChI=1S/C20H27N5O2S/c1-4-16-21-20-25(22-16)19(26)18(28-20)17(14-7-6-8-15(13-14)27-3)24-11-9-23(5-2)10-12-24/h6-8,13,17,26H,4-5,9-12H2,1-3H3/p+2/t17-/m1/s1. The average Bonchev–Trinajstić information content (AvgIpc) is 3.28. The van der Waals surface area contributed by atoms with Crippen molar-refractivity contribution in [3.8, 4) is 11.6 Å². The zero-order valence-corrected chi connectivity index (χ0v) is 17.6. The molecule has 0 amide bonds. The molecule has 0 radical (unpaired) electrons. The highest BCUT2D eigenvalue weighted by molar-refractivity contribution is 7.17. The van der Waals surface area contributed by atoms with Crippen LogP contribution in [0.3, 0.4) is 0 Å². The Morgan fingerprint density at radius 2 is 2.04 bits per heavy atom. The fourth-order valence-electron chi connectivity index (χ4n) is 4.09. The Morgan fingerprint density at radius 1 is 1.25 bits per heavy atom. The van der Waals surface area contributed by atoms with Crippen molar-refractivity contribution >= 4 is 16.3 Å². The first-order valence-electron chi connectivity index (χ1n) is 10.0. The lowest BCUT2D eigenvalue weighted by Gasteiger charge is -2.34. The van der Waals surface area contributed by atoms with Crippen LogP contribution in [0, 0.1) is 0 Å². The van der Waals surface area contributed by atoms with E-state index >= 15 is 0 Å². The third-order valence-electron chi connectivity index (χ3n) is 5.76. The van der Waals surface area contributed by atoms with Crippen molar-refractivity contribution in [2.24, 2.45) is 0 Å². The number of nitrogens with one attached hydrogen (secondary N) is 2. The summed E-state index contributed by atoms with van der Waals surface area (Å²) >= 11 is 1.55. The Hall–Kier alpha value is -2.16. The largest absolute Gasteiger partial charge is 0.497 e. The summed E-state index contributed by atoms with van der Waals surface area (Å²) < 4.78 is 7.06. The van der Waals surface area contributed by atoms with E-state index in [0.29, 0.717) is 0 Å². The number of nitrogens with zero attached hydrogens (tertiary/aromatic N) is 3. The molecule has 28 heavy (non-hydrogen) atoms. The molecule has 2 aromatic heterocycles. The van der Waals surface area contributed by atoms with Crippen LogP contribution in [0.5, 0.6) is 11.6 Å². The fourth-order valence-corrected chi connectivity index (χ4v) is 5.25. The second-order valence-electron chi connectivity index (χ2n) is 7.34. The van der Waals surface area contributed by atoms with Gasteiger partial charge in [0.15, 0.2) is 11.9 Å². The van der Waals surface area contributed by atoms with Crippen molar-refractivity contribution in [3.63, 3.8) is 0 Å². The molecular weight excluding hydrogens is 374 g/mol. The average molecular weight is 404 g/mol. The highest BCUT2D eigenvalue weighted by Crippen LogP contribution is 2.35. The first kappa shape index (κ1) is 19.2. The molecule has 150 valence electrons. The van der Waals surface area contributed by atoms with Crippen molar-refractivity contribution in [3.05, 3.63) is 40.5 Å². The van der Waals surface area contributed by atoms with Crippen molar-refractivity contribution in [2.75, 3.05) is 39.8 Å². The number of likely N-dealkylation sites (N-methyl/N-ethyl adjacent to an activating group) is 1. The molecule has 1 aromatic carbocycles. The lowest BCUT2D eigenvalue weighted by atomic mass is 10.0. The van der Waals surface area contributed by atoms with Crippen LogP contribution in [0.2, 0.25) is 0 Å². The number of aromatic nitrogens is 3. The van der Waals surface area contributed by atoms with E-state index in [1.807, 2.05) is 19.1 Å². The molecule has 1 aliphatic rings. The Kier molecular flexibility index (Phi) is 5.52. The molecule has 1 fully saturated rings. The van der Waals surface area contributed by atoms with Crippen LogP contribution in [0.25, 0.3) is 4.96 Å². The summed E-state index contributed by atoms with van der Waals surface area (Å²) in [6.45, 7) is 9.87. The lowest BCUT2D eigenvalue weighted by molar-refractivity contribution is -1.02. The summed E-state index contributed by atoms with van der Waals surface area (Å²) in [5, 5.41) is 15.5. The first-order chi connectivity index (χ1) is 13.6. The second kappa shape index (κ2) is 8.06. The van der Waals surface area contributed by atoms with E-state index in [-0.39, 0.29) is 11.9 Å². The minimum atomic E-state index is 0.0482. The van der Waals surface area contributed by atoms with E-state index in [9.17, 15) is 5.11 Å². The van der Waals surface area contributed by atoms with Gasteiger partial charge >= 0.3 is 0 Å². The number of thiazole rings is 1. The van der Waals surface area contributed by atoms with E-state index < -0.39 is 0 Å². The molecule has 8 heteroatoms. The zero-order valence-electron chi connectivity index (χ0n) is 16.7. The highest BCUT2D eigenvalue weighted by Gasteiger charge is 2.36. The third-order valence-corrected chi connectivity index (χ3v) is 6.84. The molecule has 1 saturated heterocycles. The first-order valence-corrected chi connectivity index (χ1v) is 10.9. The number of rotatable bonds is 6. The molecule has 3 heterocycles. The summed E-state index contributed by atoms with van der Waals surface area (Å²) in [6, 6.07) is 8.25. The van der Waals surface area contributed by atoms with Crippen molar-refractivity contribution in [2.45, 2.75) is 26.3 Å². The van der Waals surface area contributed by atoms with E-state index in [1.54, 1.807) is 27.9 Å². The van der Waals surface area contributed by atoms with Crippen LogP contribution in [-0.4, -0.2) is 59.5 Å². The molecule has 3 aromatic rings. The van der Waals surface area contributed by atoms with Crippen LogP contribution < -0.4 is 14.5 Å². The minimum Gasteiger partial charge on any atom is -0.497 e. The Balaban J connectivity index is 1.76. The molecule has 3 N–H and O–H groups in total. The van der Waals surface area contributed by atoms with Gasteiger partial charge in [0.05, 0.1) is 13.7 Å². The fraction of sp³-hybridized carbons (Fsp3) is 0.500. The molecule has 1 aliphatic heterocycles. The van der Waals surface area contributed by atoms with Crippen LogP contribution in [0.15, 0.2) is 24.3 Å². The van der Waals surface area contributed by atoms with Gasteiger partial charge in [-0.2, -0.15) is 4.52 Å². The van der Waals surface area contributed by atoms with E-state index in [1.165, 1.54) is 11.4 Å². The number of fused-ring (bicyclic) bond motifs is 1. The molecule has 0 aliphatic carbocycles. The molecule has 7 nitrogen and oxygen atoms in total. The molecule has 0 bridgehead atoms. The number of quaternary nitrogens is 2. The molecule has 0 spiro atoms. The lowest BCUT2D eigenvalue weighted by Crippen LogP contribution is -3.28. The number of methoxy groups -OCH3 is 1.